The molecule has 0 aliphatic heterocycles. The van der Waals surface area contributed by atoms with E-state index in [0.29, 0.717) is 18.3 Å². The Labute approximate surface area is 139 Å². The number of methoxy groups -OCH3 is 1. The number of hydrogen-bond donors (Lipinski definition) is 0. The van der Waals surface area contributed by atoms with E-state index in [2.05, 4.69) is 39.5 Å². The van der Waals surface area contributed by atoms with Gasteiger partial charge in [-0.3, -0.25) is 4.90 Å². The maximum atomic E-state index is 5.40. The van der Waals surface area contributed by atoms with E-state index in [0.717, 1.165) is 24.4 Å². The molecule has 2 aromatic heterocycles. The van der Waals surface area contributed by atoms with Crippen molar-refractivity contribution in [1.29, 1.82) is 0 Å². The third-order valence-electron chi connectivity index (χ3n) is 3.56. The SMILES string of the molecule is CCN(Cc1nc(-c2cccc(OC)c2)no1)Cc1cccs1. The second-order valence-corrected chi connectivity index (χ2v) is 6.16. The number of nitrogens with zero attached hydrogens (tertiary/aromatic N) is 3. The zero-order chi connectivity index (χ0) is 16.1. The molecule has 0 aliphatic rings. The van der Waals surface area contributed by atoms with E-state index >= 15 is 0 Å². The number of ether oxygens (including phenoxy) is 1. The lowest BCUT2D eigenvalue weighted by atomic mass is 10.2. The van der Waals surface area contributed by atoms with E-state index in [1.165, 1.54) is 4.88 Å². The van der Waals surface area contributed by atoms with Crippen LogP contribution in [0.2, 0.25) is 0 Å². The molecule has 0 atom stereocenters. The number of aromatic nitrogens is 2. The summed E-state index contributed by atoms with van der Waals surface area (Å²) in [6.07, 6.45) is 0. The maximum absolute atomic E-state index is 5.40. The third-order valence-corrected chi connectivity index (χ3v) is 4.42. The lowest BCUT2D eigenvalue weighted by Gasteiger charge is -2.16. The van der Waals surface area contributed by atoms with Gasteiger partial charge in [0.15, 0.2) is 0 Å². The topological polar surface area (TPSA) is 51.4 Å². The summed E-state index contributed by atoms with van der Waals surface area (Å²) in [5.41, 5.74) is 0.889. The smallest absolute Gasteiger partial charge is 0.241 e. The molecule has 1 aromatic carbocycles. The van der Waals surface area contributed by atoms with Gasteiger partial charge in [-0.25, -0.2) is 0 Å². The quantitative estimate of drug-likeness (QED) is 0.659. The summed E-state index contributed by atoms with van der Waals surface area (Å²) in [7, 11) is 1.64. The molecule has 0 amide bonds. The second kappa shape index (κ2) is 7.39. The fourth-order valence-electron chi connectivity index (χ4n) is 2.29. The van der Waals surface area contributed by atoms with Crippen LogP contribution in [0.1, 0.15) is 17.7 Å². The van der Waals surface area contributed by atoms with Crippen LogP contribution < -0.4 is 4.74 Å². The van der Waals surface area contributed by atoms with E-state index in [4.69, 9.17) is 9.26 Å². The Bertz CT molecular complexity index is 740. The Morgan fingerprint density at radius 3 is 2.87 bits per heavy atom. The molecule has 3 rings (SSSR count). The zero-order valence-corrected chi connectivity index (χ0v) is 14.0. The Hall–Kier alpha value is -2.18. The highest BCUT2D eigenvalue weighted by atomic mass is 32.1. The van der Waals surface area contributed by atoms with Gasteiger partial charge in [0, 0.05) is 17.0 Å². The van der Waals surface area contributed by atoms with Gasteiger partial charge in [0.05, 0.1) is 13.7 Å². The average Bonchev–Trinajstić information content (AvgIpc) is 3.26. The zero-order valence-electron chi connectivity index (χ0n) is 13.2. The monoisotopic (exact) mass is 329 g/mol. The molecule has 0 fully saturated rings. The van der Waals surface area contributed by atoms with Gasteiger partial charge >= 0.3 is 0 Å². The molecule has 6 heteroatoms. The molecule has 0 aliphatic carbocycles. The van der Waals surface area contributed by atoms with Crippen LogP contribution in [-0.4, -0.2) is 28.7 Å². The number of thiophene rings is 1. The normalized spacial score (nSPS) is 11.1. The molecule has 0 N–H and O–H groups in total. The van der Waals surface area contributed by atoms with Crippen molar-refractivity contribution in [2.24, 2.45) is 0 Å². The third kappa shape index (κ3) is 3.97. The Morgan fingerprint density at radius 2 is 2.13 bits per heavy atom. The van der Waals surface area contributed by atoms with E-state index in [1.807, 2.05) is 24.3 Å². The Balaban J connectivity index is 1.70. The molecule has 23 heavy (non-hydrogen) atoms. The first-order chi connectivity index (χ1) is 11.3. The first-order valence-corrected chi connectivity index (χ1v) is 8.38. The largest absolute Gasteiger partial charge is 0.497 e. The molecule has 120 valence electrons. The number of benzene rings is 1. The minimum atomic E-state index is 0.589. The summed E-state index contributed by atoms with van der Waals surface area (Å²) in [5, 5.41) is 6.17. The minimum absolute atomic E-state index is 0.589. The van der Waals surface area contributed by atoms with E-state index in [1.54, 1.807) is 18.4 Å². The van der Waals surface area contributed by atoms with Crippen molar-refractivity contribution in [3.63, 3.8) is 0 Å². The molecule has 0 saturated heterocycles. The Morgan fingerprint density at radius 1 is 1.22 bits per heavy atom. The molecular formula is C17H19N3O2S. The second-order valence-electron chi connectivity index (χ2n) is 5.13. The summed E-state index contributed by atoms with van der Waals surface area (Å²) >= 11 is 1.76. The minimum Gasteiger partial charge on any atom is -0.497 e. The van der Waals surface area contributed by atoms with Crippen molar-refractivity contribution in [2.75, 3.05) is 13.7 Å². The molecule has 5 nitrogen and oxygen atoms in total. The summed E-state index contributed by atoms with van der Waals surface area (Å²) in [5.74, 6) is 1.99. The molecule has 0 spiro atoms. The van der Waals surface area contributed by atoms with Gasteiger partial charge in [0.1, 0.15) is 5.75 Å². The fraction of sp³-hybridized carbons (Fsp3) is 0.294. The molecule has 0 bridgehead atoms. The van der Waals surface area contributed by atoms with Gasteiger partial charge in [0.2, 0.25) is 11.7 Å². The molecule has 2 heterocycles. The highest BCUT2D eigenvalue weighted by molar-refractivity contribution is 7.09. The van der Waals surface area contributed by atoms with Crippen LogP contribution in [0.5, 0.6) is 5.75 Å². The van der Waals surface area contributed by atoms with Gasteiger partial charge in [0.25, 0.3) is 0 Å². The molecular weight excluding hydrogens is 310 g/mol. The number of rotatable bonds is 7. The van der Waals surface area contributed by atoms with Crippen molar-refractivity contribution in [2.45, 2.75) is 20.0 Å². The van der Waals surface area contributed by atoms with Gasteiger partial charge in [-0.15, -0.1) is 11.3 Å². The van der Waals surface area contributed by atoms with Gasteiger partial charge in [-0.2, -0.15) is 4.98 Å². The summed E-state index contributed by atoms with van der Waals surface area (Å²) < 4.78 is 10.6. The summed E-state index contributed by atoms with van der Waals surface area (Å²) in [6, 6.07) is 11.9. The van der Waals surface area contributed by atoms with Crippen molar-refractivity contribution >= 4 is 11.3 Å². The van der Waals surface area contributed by atoms with Gasteiger partial charge in [-0.05, 0) is 30.1 Å². The Kier molecular flexibility index (Phi) is 5.05. The van der Waals surface area contributed by atoms with E-state index in [9.17, 15) is 0 Å². The van der Waals surface area contributed by atoms with Crippen molar-refractivity contribution in [1.82, 2.24) is 15.0 Å². The molecule has 0 saturated carbocycles. The predicted molar refractivity (Wildman–Crippen MR) is 90.4 cm³/mol. The summed E-state index contributed by atoms with van der Waals surface area (Å²) in [4.78, 5) is 8.11. The van der Waals surface area contributed by atoms with Crippen molar-refractivity contribution in [3.8, 4) is 17.1 Å². The van der Waals surface area contributed by atoms with E-state index < -0.39 is 0 Å². The maximum Gasteiger partial charge on any atom is 0.241 e. The van der Waals surface area contributed by atoms with Crippen molar-refractivity contribution < 1.29 is 9.26 Å². The lowest BCUT2D eigenvalue weighted by Crippen LogP contribution is -2.21. The van der Waals surface area contributed by atoms with Crippen LogP contribution in [0.15, 0.2) is 46.3 Å². The molecule has 0 radical (unpaired) electrons. The molecule has 0 unspecified atom stereocenters. The fourth-order valence-corrected chi connectivity index (χ4v) is 3.04. The lowest BCUT2D eigenvalue weighted by molar-refractivity contribution is 0.230. The van der Waals surface area contributed by atoms with Crippen LogP contribution in [-0.2, 0) is 13.1 Å². The predicted octanol–water partition coefficient (Wildman–Crippen LogP) is 3.83. The van der Waals surface area contributed by atoms with E-state index in [-0.39, 0.29) is 0 Å². The van der Waals surface area contributed by atoms with Crippen LogP contribution >= 0.6 is 11.3 Å². The number of hydrogen-bond acceptors (Lipinski definition) is 6. The molecule has 3 aromatic rings. The standard InChI is InChI=1S/C17H19N3O2S/c1-3-20(11-15-8-5-9-23-15)12-16-18-17(19-22-16)13-6-4-7-14(10-13)21-2/h4-10H,3,11-12H2,1-2H3. The van der Waals surface area contributed by atoms with Crippen LogP contribution in [0, 0.1) is 0 Å². The highest BCUT2D eigenvalue weighted by Gasteiger charge is 2.13. The highest BCUT2D eigenvalue weighted by Crippen LogP contribution is 2.22. The van der Waals surface area contributed by atoms with Crippen LogP contribution in [0.4, 0.5) is 0 Å². The average molecular weight is 329 g/mol. The summed E-state index contributed by atoms with van der Waals surface area (Å²) in [6.45, 7) is 4.60. The first-order valence-electron chi connectivity index (χ1n) is 7.50. The van der Waals surface area contributed by atoms with Crippen molar-refractivity contribution in [3.05, 3.63) is 52.5 Å². The van der Waals surface area contributed by atoms with Gasteiger partial charge in [-0.1, -0.05) is 30.3 Å². The van der Waals surface area contributed by atoms with Crippen LogP contribution in [0.25, 0.3) is 11.4 Å². The first kappa shape index (κ1) is 15.7. The van der Waals surface area contributed by atoms with Gasteiger partial charge < -0.3 is 9.26 Å². The van der Waals surface area contributed by atoms with Crippen LogP contribution in [0.3, 0.4) is 0 Å².